The van der Waals surface area contributed by atoms with Crippen LogP contribution in [0.15, 0.2) is 0 Å². The normalized spacial score (nSPS) is 16.7. The molecule has 3 heteroatoms. The summed E-state index contributed by atoms with van der Waals surface area (Å²) >= 11 is 0. The van der Waals surface area contributed by atoms with Crippen LogP contribution in [-0.2, 0) is 9.53 Å². The van der Waals surface area contributed by atoms with Gasteiger partial charge in [-0.2, -0.15) is 0 Å². The summed E-state index contributed by atoms with van der Waals surface area (Å²) in [6.45, 7) is 4.53. The summed E-state index contributed by atoms with van der Waals surface area (Å²) in [5, 5.41) is 2.92. The molecule has 0 atom stereocenters. The standard InChI is InChI=1S/C10H19NO2/c1-2-3-4-5-11-10(12)6-9-7-13-8-9/h9H,2-8H2,1H3,(H,11,12). The molecule has 76 valence electrons. The van der Waals surface area contributed by atoms with Gasteiger partial charge in [-0.3, -0.25) is 4.79 Å². The van der Waals surface area contributed by atoms with Crippen LogP contribution in [0.4, 0.5) is 0 Å². The van der Waals surface area contributed by atoms with Crippen molar-refractivity contribution in [2.75, 3.05) is 19.8 Å². The highest BCUT2D eigenvalue weighted by atomic mass is 16.5. The molecule has 1 fully saturated rings. The van der Waals surface area contributed by atoms with Gasteiger partial charge in [-0.05, 0) is 6.42 Å². The average molecular weight is 185 g/mol. The Labute approximate surface area is 79.8 Å². The maximum absolute atomic E-state index is 11.2. The van der Waals surface area contributed by atoms with E-state index < -0.39 is 0 Å². The van der Waals surface area contributed by atoms with Crippen LogP contribution in [0.3, 0.4) is 0 Å². The van der Waals surface area contributed by atoms with Crippen molar-refractivity contribution in [2.45, 2.75) is 32.6 Å². The third-order valence-electron chi connectivity index (χ3n) is 2.28. The van der Waals surface area contributed by atoms with Crippen LogP contribution < -0.4 is 5.32 Å². The van der Waals surface area contributed by atoms with Crippen LogP contribution in [0.1, 0.15) is 32.6 Å². The molecule has 0 aliphatic carbocycles. The molecule has 1 N–H and O–H groups in total. The first kappa shape index (κ1) is 10.5. The summed E-state index contributed by atoms with van der Waals surface area (Å²) in [5.41, 5.74) is 0. The molecule has 0 aromatic rings. The summed E-state index contributed by atoms with van der Waals surface area (Å²) in [6, 6.07) is 0. The highest BCUT2D eigenvalue weighted by Gasteiger charge is 2.21. The topological polar surface area (TPSA) is 38.3 Å². The summed E-state index contributed by atoms with van der Waals surface area (Å²) < 4.78 is 5.00. The van der Waals surface area contributed by atoms with E-state index in [4.69, 9.17) is 4.74 Å². The monoisotopic (exact) mass is 185 g/mol. The van der Waals surface area contributed by atoms with Gasteiger partial charge in [0.15, 0.2) is 0 Å². The fourth-order valence-corrected chi connectivity index (χ4v) is 1.34. The molecule has 0 spiro atoms. The molecule has 0 radical (unpaired) electrons. The predicted octanol–water partition coefficient (Wildman–Crippen LogP) is 1.33. The van der Waals surface area contributed by atoms with E-state index in [2.05, 4.69) is 12.2 Å². The van der Waals surface area contributed by atoms with Crippen molar-refractivity contribution < 1.29 is 9.53 Å². The Bertz CT molecular complexity index is 155. The first-order chi connectivity index (χ1) is 6.33. The zero-order valence-corrected chi connectivity index (χ0v) is 8.34. The Hall–Kier alpha value is -0.570. The van der Waals surface area contributed by atoms with E-state index in [-0.39, 0.29) is 5.91 Å². The summed E-state index contributed by atoms with van der Waals surface area (Å²) in [5.74, 6) is 0.663. The van der Waals surface area contributed by atoms with Gasteiger partial charge in [0.05, 0.1) is 13.2 Å². The molecule has 0 aromatic carbocycles. The molecule has 1 heterocycles. The first-order valence-electron chi connectivity index (χ1n) is 5.17. The fraction of sp³-hybridized carbons (Fsp3) is 0.900. The van der Waals surface area contributed by atoms with Crippen molar-refractivity contribution in [3.8, 4) is 0 Å². The molecule has 3 nitrogen and oxygen atoms in total. The van der Waals surface area contributed by atoms with Gasteiger partial charge in [-0.25, -0.2) is 0 Å². The van der Waals surface area contributed by atoms with Crippen molar-refractivity contribution in [1.29, 1.82) is 0 Å². The van der Waals surface area contributed by atoms with E-state index in [9.17, 15) is 4.79 Å². The highest BCUT2D eigenvalue weighted by molar-refractivity contribution is 5.76. The van der Waals surface area contributed by atoms with Crippen molar-refractivity contribution in [3.63, 3.8) is 0 Å². The van der Waals surface area contributed by atoms with Crippen LogP contribution in [0.25, 0.3) is 0 Å². The minimum atomic E-state index is 0.185. The third kappa shape index (κ3) is 4.27. The number of carbonyl (C=O) groups excluding carboxylic acids is 1. The summed E-state index contributed by atoms with van der Waals surface area (Å²) in [6.07, 6.45) is 4.15. The van der Waals surface area contributed by atoms with E-state index in [0.29, 0.717) is 12.3 Å². The molecule has 0 saturated carbocycles. The molecule has 13 heavy (non-hydrogen) atoms. The first-order valence-corrected chi connectivity index (χ1v) is 5.17. The van der Waals surface area contributed by atoms with E-state index in [1.807, 2.05) is 0 Å². The molecule has 1 amide bonds. The number of unbranched alkanes of at least 4 members (excludes halogenated alkanes) is 2. The quantitative estimate of drug-likeness (QED) is 0.634. The highest BCUT2D eigenvalue weighted by Crippen LogP contribution is 2.13. The minimum Gasteiger partial charge on any atom is -0.381 e. The second kappa shape index (κ2) is 5.97. The van der Waals surface area contributed by atoms with Crippen LogP contribution in [0, 0.1) is 5.92 Å². The largest absolute Gasteiger partial charge is 0.381 e. The maximum Gasteiger partial charge on any atom is 0.220 e. The van der Waals surface area contributed by atoms with E-state index in [1.165, 1.54) is 12.8 Å². The zero-order chi connectivity index (χ0) is 9.52. The fourth-order valence-electron chi connectivity index (χ4n) is 1.34. The number of carbonyl (C=O) groups is 1. The predicted molar refractivity (Wildman–Crippen MR) is 51.5 cm³/mol. The lowest BCUT2D eigenvalue weighted by molar-refractivity contribution is -0.126. The van der Waals surface area contributed by atoms with Gasteiger partial charge in [-0.1, -0.05) is 19.8 Å². The average Bonchev–Trinajstić information content (AvgIpc) is 2.06. The Balaban J connectivity index is 1.91. The second-order valence-electron chi connectivity index (χ2n) is 3.66. The second-order valence-corrected chi connectivity index (χ2v) is 3.66. The Morgan fingerprint density at radius 1 is 1.46 bits per heavy atom. The van der Waals surface area contributed by atoms with Gasteiger partial charge < -0.3 is 10.1 Å². The third-order valence-corrected chi connectivity index (χ3v) is 2.28. The Morgan fingerprint density at radius 3 is 2.77 bits per heavy atom. The van der Waals surface area contributed by atoms with E-state index >= 15 is 0 Å². The van der Waals surface area contributed by atoms with Crippen LogP contribution >= 0.6 is 0 Å². The number of hydrogen-bond donors (Lipinski definition) is 1. The van der Waals surface area contributed by atoms with Crippen LogP contribution in [-0.4, -0.2) is 25.7 Å². The maximum atomic E-state index is 11.2. The van der Waals surface area contributed by atoms with Crippen molar-refractivity contribution >= 4 is 5.91 Å². The Morgan fingerprint density at radius 2 is 2.23 bits per heavy atom. The molecule has 0 aromatic heterocycles. The van der Waals surface area contributed by atoms with Gasteiger partial charge in [0.25, 0.3) is 0 Å². The summed E-state index contributed by atoms with van der Waals surface area (Å²) in [7, 11) is 0. The van der Waals surface area contributed by atoms with E-state index in [1.54, 1.807) is 0 Å². The van der Waals surface area contributed by atoms with Crippen molar-refractivity contribution in [2.24, 2.45) is 5.92 Å². The lowest BCUT2D eigenvalue weighted by Crippen LogP contribution is -2.34. The smallest absolute Gasteiger partial charge is 0.220 e. The number of rotatable bonds is 6. The molecule has 1 aliphatic rings. The number of amides is 1. The molecule has 1 aliphatic heterocycles. The van der Waals surface area contributed by atoms with Crippen LogP contribution in [0.2, 0.25) is 0 Å². The number of hydrogen-bond acceptors (Lipinski definition) is 2. The van der Waals surface area contributed by atoms with E-state index in [0.717, 1.165) is 26.2 Å². The molecular weight excluding hydrogens is 166 g/mol. The van der Waals surface area contributed by atoms with Crippen molar-refractivity contribution in [3.05, 3.63) is 0 Å². The molecule has 1 saturated heterocycles. The molecule has 0 unspecified atom stereocenters. The Kier molecular flexibility index (Phi) is 4.83. The SMILES string of the molecule is CCCCCNC(=O)CC1COC1. The van der Waals surface area contributed by atoms with Gasteiger partial charge in [0.2, 0.25) is 5.91 Å². The van der Waals surface area contributed by atoms with Gasteiger partial charge >= 0.3 is 0 Å². The molecule has 0 bridgehead atoms. The molecular formula is C10H19NO2. The lowest BCUT2D eigenvalue weighted by Gasteiger charge is -2.25. The van der Waals surface area contributed by atoms with Crippen molar-refractivity contribution in [1.82, 2.24) is 5.32 Å². The van der Waals surface area contributed by atoms with Gasteiger partial charge in [0.1, 0.15) is 0 Å². The number of nitrogens with one attached hydrogen (secondary N) is 1. The minimum absolute atomic E-state index is 0.185. The van der Waals surface area contributed by atoms with Crippen LogP contribution in [0.5, 0.6) is 0 Å². The lowest BCUT2D eigenvalue weighted by atomic mass is 10.0. The zero-order valence-electron chi connectivity index (χ0n) is 8.34. The van der Waals surface area contributed by atoms with Gasteiger partial charge in [-0.15, -0.1) is 0 Å². The summed E-state index contributed by atoms with van der Waals surface area (Å²) in [4.78, 5) is 11.2. The number of ether oxygens (including phenoxy) is 1. The molecule has 1 rings (SSSR count). The van der Waals surface area contributed by atoms with Gasteiger partial charge in [0, 0.05) is 18.9 Å².